The molecule has 1 aliphatic heterocycles. The van der Waals surface area contributed by atoms with Crippen LogP contribution in [0.2, 0.25) is 0 Å². The van der Waals surface area contributed by atoms with Gasteiger partial charge in [0.2, 0.25) is 5.91 Å². The predicted molar refractivity (Wildman–Crippen MR) is 254 cm³/mol. The first kappa shape index (κ1) is 58.2. The van der Waals surface area contributed by atoms with Crippen molar-refractivity contribution < 1.29 is 39.8 Å². The van der Waals surface area contributed by atoms with Gasteiger partial charge in [0.25, 0.3) is 0 Å². The van der Waals surface area contributed by atoms with Crippen LogP contribution in [0.25, 0.3) is 0 Å². The summed E-state index contributed by atoms with van der Waals surface area (Å²) in [4.78, 5) is 13.0. The number of unbranched alkanes of at least 4 members (excludes halogenated alkanes) is 36. The topological polar surface area (TPSA) is 149 Å². The second-order valence-electron chi connectivity index (χ2n) is 19.0. The van der Waals surface area contributed by atoms with Gasteiger partial charge < -0.3 is 40.3 Å². The fourth-order valence-electron chi connectivity index (χ4n) is 8.93. The van der Waals surface area contributed by atoms with Crippen molar-refractivity contribution >= 4 is 5.91 Å². The van der Waals surface area contributed by atoms with E-state index in [4.69, 9.17) is 9.47 Å². The first-order valence-corrected chi connectivity index (χ1v) is 26.7. The Balaban J connectivity index is 2.08. The Labute approximate surface area is 376 Å². The molecule has 9 nitrogen and oxygen atoms in total. The normalized spacial score (nSPS) is 20.3. The molecule has 0 bridgehead atoms. The summed E-state index contributed by atoms with van der Waals surface area (Å²) in [7, 11) is 0. The van der Waals surface area contributed by atoms with Crippen LogP contribution >= 0.6 is 0 Å². The van der Waals surface area contributed by atoms with Gasteiger partial charge >= 0.3 is 0 Å². The molecule has 9 heteroatoms. The summed E-state index contributed by atoms with van der Waals surface area (Å²) in [6.45, 7) is 3.84. The Morgan fingerprint density at radius 2 is 0.820 bits per heavy atom. The number of amides is 1. The number of hydrogen-bond acceptors (Lipinski definition) is 8. The largest absolute Gasteiger partial charge is 0.394 e. The van der Waals surface area contributed by atoms with Gasteiger partial charge in [0.05, 0.1) is 25.4 Å². The number of carbonyl (C=O) groups excluding carboxylic acids is 1. The van der Waals surface area contributed by atoms with Crippen molar-refractivity contribution in [3.05, 3.63) is 0 Å². The summed E-state index contributed by atoms with van der Waals surface area (Å²) < 4.78 is 11.2. The molecule has 1 amide bonds. The van der Waals surface area contributed by atoms with E-state index in [0.29, 0.717) is 12.8 Å². The molecule has 61 heavy (non-hydrogen) atoms. The number of hydrogen-bond donors (Lipinski definition) is 6. The molecule has 1 heterocycles. The summed E-state index contributed by atoms with van der Waals surface area (Å²) in [6, 6.07) is -0.711. The zero-order chi connectivity index (χ0) is 44.4. The van der Waals surface area contributed by atoms with E-state index in [-0.39, 0.29) is 12.5 Å². The number of carbonyl (C=O) groups is 1. The van der Waals surface area contributed by atoms with E-state index in [2.05, 4.69) is 19.2 Å². The second-order valence-corrected chi connectivity index (χ2v) is 19.0. The Bertz CT molecular complexity index is 924. The van der Waals surface area contributed by atoms with E-state index in [1.807, 2.05) is 0 Å². The molecule has 7 atom stereocenters. The fraction of sp³-hybridized carbons (Fsp3) is 0.981. The summed E-state index contributed by atoms with van der Waals surface area (Å²) in [6.07, 6.45) is 43.0. The highest BCUT2D eigenvalue weighted by Crippen LogP contribution is 2.23. The molecule has 0 aromatic rings. The van der Waals surface area contributed by atoms with Crippen LogP contribution in [-0.2, 0) is 14.3 Å². The number of aliphatic hydroxyl groups is 5. The first-order chi connectivity index (χ1) is 29.8. The van der Waals surface area contributed by atoms with Gasteiger partial charge in [-0.2, -0.15) is 0 Å². The molecule has 0 aliphatic carbocycles. The number of aliphatic hydroxyl groups excluding tert-OH is 5. The van der Waals surface area contributed by atoms with Gasteiger partial charge in [0.15, 0.2) is 6.29 Å². The summed E-state index contributed by atoms with van der Waals surface area (Å²) in [5, 5.41) is 54.3. The van der Waals surface area contributed by atoms with Crippen LogP contribution in [0.1, 0.15) is 271 Å². The Morgan fingerprint density at radius 1 is 0.492 bits per heavy atom. The average Bonchev–Trinajstić information content (AvgIpc) is 3.26. The minimum Gasteiger partial charge on any atom is -0.394 e. The maximum atomic E-state index is 13.0. The Kier molecular flexibility index (Phi) is 41.1. The molecule has 364 valence electrons. The summed E-state index contributed by atoms with van der Waals surface area (Å²) in [5.74, 6) is -0.140. The van der Waals surface area contributed by atoms with E-state index >= 15 is 0 Å². The van der Waals surface area contributed by atoms with Crippen molar-refractivity contribution in [1.29, 1.82) is 0 Å². The minimum absolute atomic E-state index is 0.132. The van der Waals surface area contributed by atoms with Crippen LogP contribution in [0.4, 0.5) is 0 Å². The molecule has 1 aliphatic rings. The molecule has 0 saturated carbocycles. The lowest BCUT2D eigenvalue weighted by atomic mass is 9.99. The zero-order valence-corrected chi connectivity index (χ0v) is 40.2. The molecule has 0 aromatic heterocycles. The van der Waals surface area contributed by atoms with Crippen LogP contribution in [0.15, 0.2) is 0 Å². The average molecular weight is 870 g/mol. The van der Waals surface area contributed by atoms with Crippen molar-refractivity contribution in [2.45, 2.75) is 314 Å². The lowest BCUT2D eigenvalue weighted by Gasteiger charge is -2.40. The molecule has 0 spiro atoms. The minimum atomic E-state index is -1.55. The van der Waals surface area contributed by atoms with Crippen molar-refractivity contribution in [2.75, 3.05) is 13.2 Å². The number of ether oxygens (including phenoxy) is 2. The van der Waals surface area contributed by atoms with Gasteiger partial charge in [-0.1, -0.05) is 251 Å². The molecule has 6 N–H and O–H groups in total. The maximum Gasteiger partial charge on any atom is 0.220 e. The van der Waals surface area contributed by atoms with Gasteiger partial charge in [-0.05, 0) is 12.8 Å². The van der Waals surface area contributed by atoms with Crippen molar-refractivity contribution in [1.82, 2.24) is 5.32 Å². The van der Waals surface area contributed by atoms with Gasteiger partial charge in [-0.25, -0.2) is 0 Å². The molecular weight excluding hydrogens is 767 g/mol. The van der Waals surface area contributed by atoms with Crippen LogP contribution < -0.4 is 5.32 Å². The highest BCUT2D eigenvalue weighted by molar-refractivity contribution is 5.76. The van der Waals surface area contributed by atoms with E-state index in [1.165, 1.54) is 205 Å². The smallest absolute Gasteiger partial charge is 0.220 e. The molecular formula is C52H103NO8. The van der Waals surface area contributed by atoms with Crippen LogP contribution in [0.5, 0.6) is 0 Å². The number of rotatable bonds is 46. The van der Waals surface area contributed by atoms with Crippen molar-refractivity contribution in [3.63, 3.8) is 0 Å². The quantitative estimate of drug-likeness (QED) is 0.0331. The van der Waals surface area contributed by atoms with Crippen LogP contribution in [0, 0.1) is 0 Å². The van der Waals surface area contributed by atoms with Crippen LogP contribution in [0.3, 0.4) is 0 Å². The third kappa shape index (κ3) is 33.3. The van der Waals surface area contributed by atoms with E-state index in [1.54, 1.807) is 0 Å². The third-order valence-corrected chi connectivity index (χ3v) is 13.2. The highest BCUT2D eigenvalue weighted by atomic mass is 16.7. The van der Waals surface area contributed by atoms with E-state index < -0.39 is 49.5 Å². The lowest BCUT2D eigenvalue weighted by Crippen LogP contribution is -2.60. The summed E-state index contributed by atoms with van der Waals surface area (Å²) in [5.41, 5.74) is 0. The Morgan fingerprint density at radius 3 is 1.16 bits per heavy atom. The monoisotopic (exact) mass is 870 g/mol. The predicted octanol–water partition coefficient (Wildman–Crippen LogP) is 12.3. The van der Waals surface area contributed by atoms with Crippen molar-refractivity contribution in [3.8, 4) is 0 Å². The van der Waals surface area contributed by atoms with Gasteiger partial charge in [0, 0.05) is 6.42 Å². The summed E-state index contributed by atoms with van der Waals surface area (Å²) >= 11 is 0. The Hall–Kier alpha value is -0.810. The maximum absolute atomic E-state index is 13.0. The molecule has 0 aromatic carbocycles. The standard InChI is InChI=1S/C52H103NO8/c1-3-5-7-9-11-13-14-15-16-17-18-19-20-21-22-23-24-25-26-27-28-29-30-31-32-34-36-38-40-42-48(56)53-45(46(55)41-39-37-35-33-12-10-8-6-4-2)44-60-52-51(59)50(58)49(57)47(43-54)61-52/h45-47,49-52,54-55,57-59H,3-44H2,1-2H3,(H,53,56)/t45-,46+,47+,49-,50?,51?,52+/m0/s1. The molecule has 1 rings (SSSR count). The van der Waals surface area contributed by atoms with Crippen LogP contribution in [-0.4, -0.2) is 87.5 Å². The van der Waals surface area contributed by atoms with Gasteiger partial charge in [-0.3, -0.25) is 4.79 Å². The molecule has 1 fully saturated rings. The van der Waals surface area contributed by atoms with Gasteiger partial charge in [0.1, 0.15) is 24.4 Å². The van der Waals surface area contributed by atoms with E-state index in [9.17, 15) is 30.3 Å². The molecule has 1 saturated heterocycles. The first-order valence-electron chi connectivity index (χ1n) is 26.7. The number of nitrogens with one attached hydrogen (secondary N) is 1. The SMILES string of the molecule is CCCCCCCCCCCCCCCCCCCCCCCCCCCCCCCC(=O)N[C@@H](CO[C@@H]1O[C@H](CO)[C@H](O)C(O)C1O)[C@H](O)CCCCCCCCCCC. The molecule has 2 unspecified atom stereocenters. The lowest BCUT2D eigenvalue weighted by molar-refractivity contribution is -0.302. The van der Waals surface area contributed by atoms with E-state index in [0.717, 1.165) is 38.5 Å². The molecule has 0 radical (unpaired) electrons. The van der Waals surface area contributed by atoms with Crippen molar-refractivity contribution in [2.24, 2.45) is 0 Å². The fourth-order valence-corrected chi connectivity index (χ4v) is 8.93. The third-order valence-electron chi connectivity index (χ3n) is 13.2. The van der Waals surface area contributed by atoms with Gasteiger partial charge in [-0.15, -0.1) is 0 Å². The highest BCUT2D eigenvalue weighted by Gasteiger charge is 2.44. The second kappa shape index (κ2) is 43.1. The zero-order valence-electron chi connectivity index (χ0n) is 40.2.